The van der Waals surface area contributed by atoms with E-state index in [2.05, 4.69) is 41.2 Å². The highest BCUT2D eigenvalue weighted by Gasteiger charge is 2.52. The van der Waals surface area contributed by atoms with Gasteiger partial charge in [0.25, 0.3) is 0 Å². The average molecular weight is 570 g/mol. The number of phenolic OH excluding ortho intramolecular Hbond substituents is 1. The molecule has 2 saturated heterocycles. The standard InChI is InChI=1S/C32H43N3O4.ClH/c1-3-4-15-32(20-26(37)9-14-30(32)38)29-22-34(2)31(23-33-29)16-18-35(19-17-31)21-24-5-10-27(11-6-24)39-28-12-7-25(36)8-13-28;/h5-8,10-13,29,33,36H,3-4,9,14-23H2,1-2H3;1H/t29-,32?;/m1./s1. The van der Waals surface area contributed by atoms with Crippen LogP contribution < -0.4 is 10.1 Å². The number of piperazine rings is 1. The number of unbranched alkanes of at least 4 members (excludes halogenated alkanes) is 1. The molecule has 7 nitrogen and oxygen atoms in total. The minimum absolute atomic E-state index is 0. The minimum atomic E-state index is -0.528. The molecule has 0 amide bonds. The zero-order valence-electron chi connectivity index (χ0n) is 23.9. The SMILES string of the molecule is CCCCC1([C@H]2CN(C)C3(CCN(Cc4ccc(Oc5ccc(O)cc5)cc4)CC3)CN2)CC(=O)CCC1=O.Cl. The smallest absolute Gasteiger partial charge is 0.141 e. The summed E-state index contributed by atoms with van der Waals surface area (Å²) in [5.41, 5.74) is 0.834. The number of ether oxygens (including phenoxy) is 1. The van der Waals surface area contributed by atoms with Crippen molar-refractivity contribution in [1.82, 2.24) is 15.1 Å². The van der Waals surface area contributed by atoms with E-state index in [-0.39, 0.29) is 35.5 Å². The fraction of sp³-hybridized carbons (Fsp3) is 0.562. The number of halogens is 1. The number of phenols is 1. The van der Waals surface area contributed by atoms with E-state index in [0.29, 0.717) is 30.8 Å². The molecule has 2 atom stereocenters. The summed E-state index contributed by atoms with van der Waals surface area (Å²) in [6.07, 6.45) is 6.26. The maximum Gasteiger partial charge on any atom is 0.141 e. The molecular formula is C32H44ClN3O4. The number of benzene rings is 2. The molecule has 40 heavy (non-hydrogen) atoms. The lowest BCUT2D eigenvalue weighted by atomic mass is 9.63. The molecule has 0 aromatic heterocycles. The van der Waals surface area contributed by atoms with Crippen molar-refractivity contribution in [3.63, 3.8) is 0 Å². The molecule has 2 aliphatic heterocycles. The molecule has 5 rings (SSSR count). The van der Waals surface area contributed by atoms with Gasteiger partial charge in [-0.05, 0) is 68.3 Å². The molecule has 8 heteroatoms. The third-order valence-corrected chi connectivity index (χ3v) is 9.47. The summed E-state index contributed by atoms with van der Waals surface area (Å²) < 4.78 is 5.88. The van der Waals surface area contributed by atoms with Crippen LogP contribution in [0.25, 0.3) is 0 Å². The van der Waals surface area contributed by atoms with Gasteiger partial charge in [0.1, 0.15) is 28.8 Å². The largest absolute Gasteiger partial charge is 0.508 e. The molecular weight excluding hydrogens is 526 g/mol. The summed E-state index contributed by atoms with van der Waals surface area (Å²) in [7, 11) is 2.22. The van der Waals surface area contributed by atoms with Gasteiger partial charge in [-0.25, -0.2) is 0 Å². The molecule has 0 bridgehead atoms. The Labute approximate surface area is 244 Å². The van der Waals surface area contributed by atoms with E-state index < -0.39 is 5.41 Å². The second-order valence-corrected chi connectivity index (χ2v) is 12.0. The second-order valence-electron chi connectivity index (χ2n) is 12.0. The number of hydrogen-bond acceptors (Lipinski definition) is 7. The average Bonchev–Trinajstić information content (AvgIpc) is 2.94. The Balaban J connectivity index is 0.00000370. The summed E-state index contributed by atoms with van der Waals surface area (Å²) >= 11 is 0. The molecule has 2 aromatic carbocycles. The quantitative estimate of drug-likeness (QED) is 0.444. The van der Waals surface area contributed by atoms with E-state index >= 15 is 0 Å². The normalized spacial score (nSPS) is 25.5. The van der Waals surface area contributed by atoms with Crippen LogP contribution in [0.2, 0.25) is 0 Å². The second kappa shape index (κ2) is 13.0. The van der Waals surface area contributed by atoms with Crippen molar-refractivity contribution in [2.75, 3.05) is 33.2 Å². The highest BCUT2D eigenvalue weighted by Crippen LogP contribution is 2.43. The fourth-order valence-corrected chi connectivity index (χ4v) is 6.86. The fourth-order valence-electron chi connectivity index (χ4n) is 6.86. The zero-order chi connectivity index (χ0) is 27.5. The third kappa shape index (κ3) is 6.54. The van der Waals surface area contributed by atoms with E-state index in [0.717, 1.165) is 70.6 Å². The van der Waals surface area contributed by atoms with Gasteiger partial charge in [-0.3, -0.25) is 19.4 Å². The summed E-state index contributed by atoms with van der Waals surface area (Å²) in [6, 6.07) is 15.0. The summed E-state index contributed by atoms with van der Waals surface area (Å²) in [5, 5.41) is 13.3. The lowest BCUT2D eigenvalue weighted by Gasteiger charge is -2.55. The minimum Gasteiger partial charge on any atom is -0.508 e. The van der Waals surface area contributed by atoms with E-state index in [4.69, 9.17) is 4.74 Å². The van der Waals surface area contributed by atoms with Crippen molar-refractivity contribution in [2.45, 2.75) is 76.4 Å². The van der Waals surface area contributed by atoms with Crippen LogP contribution in [-0.4, -0.2) is 71.3 Å². The predicted molar refractivity (Wildman–Crippen MR) is 159 cm³/mol. The molecule has 218 valence electrons. The van der Waals surface area contributed by atoms with Crippen molar-refractivity contribution < 1.29 is 19.4 Å². The molecule has 3 aliphatic rings. The third-order valence-electron chi connectivity index (χ3n) is 9.47. The van der Waals surface area contributed by atoms with Gasteiger partial charge >= 0.3 is 0 Å². The molecule has 0 radical (unpaired) electrons. The molecule has 2 heterocycles. The Kier molecular flexibility index (Phi) is 9.93. The van der Waals surface area contributed by atoms with Crippen LogP contribution in [0.3, 0.4) is 0 Å². The summed E-state index contributed by atoms with van der Waals surface area (Å²) in [5.74, 6) is 2.25. The predicted octanol–water partition coefficient (Wildman–Crippen LogP) is 5.34. The Morgan fingerprint density at radius 1 is 1.00 bits per heavy atom. The Hall–Kier alpha value is -2.45. The number of piperidine rings is 1. The molecule has 2 aromatic rings. The molecule has 1 unspecified atom stereocenters. The number of likely N-dealkylation sites (N-methyl/N-ethyl adjacent to an activating group) is 1. The first kappa shape index (κ1) is 30.5. The van der Waals surface area contributed by atoms with E-state index in [1.54, 1.807) is 24.3 Å². The zero-order valence-corrected chi connectivity index (χ0v) is 24.7. The van der Waals surface area contributed by atoms with Crippen LogP contribution in [0, 0.1) is 5.41 Å². The molecule has 1 aliphatic carbocycles. The number of carbonyl (C=O) groups excluding carboxylic acids is 2. The van der Waals surface area contributed by atoms with Crippen molar-refractivity contribution in [3.05, 3.63) is 54.1 Å². The highest BCUT2D eigenvalue weighted by atomic mass is 35.5. The van der Waals surface area contributed by atoms with E-state index in [1.165, 1.54) is 5.56 Å². The van der Waals surface area contributed by atoms with Crippen LogP contribution in [0.4, 0.5) is 0 Å². The Morgan fingerprint density at radius 3 is 2.27 bits per heavy atom. The van der Waals surface area contributed by atoms with Gasteiger partial charge < -0.3 is 15.2 Å². The van der Waals surface area contributed by atoms with E-state index in [1.807, 2.05) is 12.1 Å². The van der Waals surface area contributed by atoms with Crippen molar-refractivity contribution in [1.29, 1.82) is 0 Å². The van der Waals surface area contributed by atoms with Gasteiger partial charge in [0, 0.05) is 63.6 Å². The van der Waals surface area contributed by atoms with Crippen LogP contribution in [0.1, 0.15) is 63.9 Å². The highest BCUT2D eigenvalue weighted by molar-refractivity contribution is 5.97. The first-order valence-corrected chi connectivity index (χ1v) is 14.6. The number of rotatable bonds is 8. The molecule has 1 saturated carbocycles. The van der Waals surface area contributed by atoms with Gasteiger partial charge in [-0.2, -0.15) is 0 Å². The van der Waals surface area contributed by atoms with Gasteiger partial charge in [-0.1, -0.05) is 31.9 Å². The van der Waals surface area contributed by atoms with Gasteiger partial charge in [0.2, 0.25) is 0 Å². The first-order chi connectivity index (χ1) is 18.8. The van der Waals surface area contributed by atoms with Crippen molar-refractivity contribution in [2.24, 2.45) is 5.41 Å². The number of carbonyl (C=O) groups is 2. The van der Waals surface area contributed by atoms with Crippen molar-refractivity contribution >= 4 is 24.0 Å². The lowest BCUT2D eigenvalue weighted by molar-refractivity contribution is -0.144. The lowest BCUT2D eigenvalue weighted by Crippen LogP contribution is -2.70. The number of nitrogens with one attached hydrogen (secondary N) is 1. The first-order valence-electron chi connectivity index (χ1n) is 14.6. The number of nitrogens with zero attached hydrogens (tertiary/aromatic N) is 2. The number of ketones is 2. The molecule has 3 fully saturated rings. The molecule has 2 N–H and O–H groups in total. The topological polar surface area (TPSA) is 82.1 Å². The monoisotopic (exact) mass is 569 g/mol. The number of Topliss-reactive ketones (excluding diaryl/α,β-unsaturated/α-hetero) is 2. The van der Waals surface area contributed by atoms with Crippen molar-refractivity contribution in [3.8, 4) is 17.2 Å². The van der Waals surface area contributed by atoms with Crippen LogP contribution in [-0.2, 0) is 16.1 Å². The van der Waals surface area contributed by atoms with Crippen LogP contribution in [0.5, 0.6) is 17.2 Å². The van der Waals surface area contributed by atoms with Crippen LogP contribution in [0.15, 0.2) is 48.5 Å². The number of aromatic hydroxyl groups is 1. The van der Waals surface area contributed by atoms with Crippen LogP contribution >= 0.6 is 12.4 Å². The molecule has 1 spiro atoms. The van der Waals surface area contributed by atoms with Gasteiger partial charge in [0.15, 0.2) is 0 Å². The number of likely N-dealkylation sites (tertiary alicyclic amines) is 1. The van der Waals surface area contributed by atoms with E-state index in [9.17, 15) is 14.7 Å². The Bertz CT molecular complexity index is 1150. The number of hydrogen-bond donors (Lipinski definition) is 2. The maximum absolute atomic E-state index is 13.2. The maximum atomic E-state index is 13.2. The summed E-state index contributed by atoms with van der Waals surface area (Å²) in [6.45, 7) is 6.83. The summed E-state index contributed by atoms with van der Waals surface area (Å²) in [4.78, 5) is 30.8. The van der Waals surface area contributed by atoms with Gasteiger partial charge in [-0.15, -0.1) is 12.4 Å². The Morgan fingerprint density at radius 2 is 1.65 bits per heavy atom. The van der Waals surface area contributed by atoms with Gasteiger partial charge in [0.05, 0.1) is 5.41 Å².